The number of ether oxygens (including phenoxy) is 1. The first-order chi connectivity index (χ1) is 11.0. The van der Waals surface area contributed by atoms with Crippen molar-refractivity contribution in [1.82, 2.24) is 10.6 Å². The van der Waals surface area contributed by atoms with Crippen LogP contribution in [-0.4, -0.2) is 30.8 Å². The Kier molecular flexibility index (Phi) is 6.63. The van der Waals surface area contributed by atoms with E-state index in [1.54, 1.807) is 20.8 Å². The van der Waals surface area contributed by atoms with E-state index in [-0.39, 0.29) is 11.4 Å². The molecule has 1 aromatic rings. The van der Waals surface area contributed by atoms with Crippen molar-refractivity contribution in [2.75, 3.05) is 18.4 Å². The van der Waals surface area contributed by atoms with Gasteiger partial charge in [0.15, 0.2) is 0 Å². The highest BCUT2D eigenvalue weighted by molar-refractivity contribution is 5.90. The number of urea groups is 1. The van der Waals surface area contributed by atoms with E-state index in [0.717, 1.165) is 11.3 Å². The smallest absolute Gasteiger partial charge is 0.407 e. The quantitative estimate of drug-likeness (QED) is 0.735. The monoisotopic (exact) mass is 335 g/mol. The van der Waals surface area contributed by atoms with Gasteiger partial charge in [0.2, 0.25) is 0 Å². The van der Waals surface area contributed by atoms with E-state index in [1.807, 2.05) is 24.3 Å². The van der Waals surface area contributed by atoms with E-state index in [2.05, 4.69) is 36.7 Å². The Hall–Kier alpha value is -2.24. The molecule has 0 unspecified atom stereocenters. The van der Waals surface area contributed by atoms with Gasteiger partial charge in [0.25, 0.3) is 0 Å². The van der Waals surface area contributed by atoms with Crippen LogP contribution < -0.4 is 16.0 Å². The van der Waals surface area contributed by atoms with Crippen LogP contribution >= 0.6 is 0 Å². The van der Waals surface area contributed by atoms with Crippen LogP contribution in [0.4, 0.5) is 15.3 Å². The fourth-order valence-corrected chi connectivity index (χ4v) is 2.07. The van der Waals surface area contributed by atoms with E-state index in [0.29, 0.717) is 13.1 Å². The Morgan fingerprint density at radius 1 is 0.958 bits per heavy atom. The van der Waals surface area contributed by atoms with Gasteiger partial charge in [-0.25, -0.2) is 9.59 Å². The molecule has 0 aliphatic carbocycles. The second-order valence-electron chi connectivity index (χ2n) is 7.61. The van der Waals surface area contributed by atoms with Crippen LogP contribution in [0, 0.1) is 0 Å². The summed E-state index contributed by atoms with van der Waals surface area (Å²) in [4.78, 5) is 23.5. The van der Waals surface area contributed by atoms with Crippen LogP contribution in [0.25, 0.3) is 0 Å². The van der Waals surface area contributed by atoms with E-state index < -0.39 is 11.7 Å². The summed E-state index contributed by atoms with van der Waals surface area (Å²) >= 11 is 0. The fourth-order valence-electron chi connectivity index (χ4n) is 2.07. The predicted octanol–water partition coefficient (Wildman–Crippen LogP) is 3.63. The first kappa shape index (κ1) is 19.8. The molecule has 0 heterocycles. The molecule has 3 amide bonds. The molecule has 3 N–H and O–H groups in total. The van der Waals surface area contributed by atoms with Crippen LogP contribution in [0.3, 0.4) is 0 Å². The molecule has 24 heavy (non-hydrogen) atoms. The summed E-state index contributed by atoms with van der Waals surface area (Å²) in [5.74, 6) is 0. The lowest BCUT2D eigenvalue weighted by Crippen LogP contribution is -2.39. The standard InChI is InChI=1S/C18H29N3O3/c1-17(2,3)13-9-7-8-10-14(13)21-15(22)19-11-12-20-16(23)24-18(4,5)6/h7-10H,11-12H2,1-6H3,(H,20,23)(H2,19,21,22). The maximum Gasteiger partial charge on any atom is 0.407 e. The van der Waals surface area contributed by atoms with Gasteiger partial charge in [0.1, 0.15) is 5.60 Å². The lowest BCUT2D eigenvalue weighted by molar-refractivity contribution is 0.0528. The molecular formula is C18H29N3O3. The van der Waals surface area contributed by atoms with E-state index >= 15 is 0 Å². The molecule has 0 radical (unpaired) electrons. The lowest BCUT2D eigenvalue weighted by atomic mass is 9.86. The van der Waals surface area contributed by atoms with E-state index in [1.165, 1.54) is 0 Å². The van der Waals surface area contributed by atoms with Crippen LogP contribution in [-0.2, 0) is 10.2 Å². The number of alkyl carbamates (subject to hydrolysis) is 1. The summed E-state index contributed by atoms with van der Waals surface area (Å²) in [6.07, 6.45) is -0.497. The number of nitrogens with one attached hydrogen (secondary N) is 3. The summed E-state index contributed by atoms with van der Waals surface area (Å²) in [6.45, 7) is 12.3. The number of hydrogen-bond donors (Lipinski definition) is 3. The lowest BCUT2D eigenvalue weighted by Gasteiger charge is -2.23. The van der Waals surface area contributed by atoms with Crippen molar-refractivity contribution < 1.29 is 14.3 Å². The van der Waals surface area contributed by atoms with Crippen molar-refractivity contribution in [2.45, 2.75) is 52.6 Å². The first-order valence-corrected chi connectivity index (χ1v) is 8.10. The molecule has 134 valence electrons. The molecule has 0 atom stereocenters. The number of hydrogen-bond acceptors (Lipinski definition) is 3. The first-order valence-electron chi connectivity index (χ1n) is 8.10. The zero-order valence-corrected chi connectivity index (χ0v) is 15.4. The molecule has 1 aromatic carbocycles. The molecule has 0 saturated heterocycles. The Morgan fingerprint density at radius 2 is 1.54 bits per heavy atom. The van der Waals surface area contributed by atoms with Crippen LogP contribution in [0.15, 0.2) is 24.3 Å². The second kappa shape index (κ2) is 8.04. The summed E-state index contributed by atoms with van der Waals surface area (Å²) in [5.41, 5.74) is 1.24. The highest BCUT2D eigenvalue weighted by atomic mass is 16.6. The van der Waals surface area contributed by atoms with Crippen molar-refractivity contribution in [1.29, 1.82) is 0 Å². The summed E-state index contributed by atoms with van der Waals surface area (Å²) < 4.78 is 5.12. The number of benzene rings is 1. The van der Waals surface area contributed by atoms with Gasteiger partial charge >= 0.3 is 12.1 Å². The van der Waals surface area contributed by atoms with E-state index in [9.17, 15) is 9.59 Å². The van der Waals surface area contributed by atoms with Gasteiger partial charge in [-0.3, -0.25) is 0 Å². The fraction of sp³-hybridized carbons (Fsp3) is 0.556. The zero-order chi connectivity index (χ0) is 18.4. The molecule has 0 aliphatic rings. The highest BCUT2D eigenvalue weighted by Gasteiger charge is 2.18. The Bertz CT molecular complexity index is 572. The molecule has 6 heteroatoms. The van der Waals surface area contributed by atoms with Crippen molar-refractivity contribution in [3.63, 3.8) is 0 Å². The van der Waals surface area contributed by atoms with Gasteiger partial charge < -0.3 is 20.7 Å². The maximum absolute atomic E-state index is 12.0. The third kappa shape index (κ3) is 7.35. The van der Waals surface area contributed by atoms with Crippen LogP contribution in [0.1, 0.15) is 47.1 Å². The van der Waals surface area contributed by atoms with Crippen molar-refractivity contribution in [3.8, 4) is 0 Å². The second-order valence-corrected chi connectivity index (χ2v) is 7.61. The van der Waals surface area contributed by atoms with Gasteiger partial charge in [-0.05, 0) is 37.8 Å². The number of carbonyl (C=O) groups excluding carboxylic acids is 2. The number of rotatable bonds is 4. The number of amides is 3. The minimum Gasteiger partial charge on any atom is -0.444 e. The van der Waals surface area contributed by atoms with Gasteiger partial charge in [-0.15, -0.1) is 0 Å². The molecule has 6 nitrogen and oxygen atoms in total. The number of anilines is 1. The average molecular weight is 335 g/mol. The molecule has 0 bridgehead atoms. The molecule has 1 rings (SSSR count). The molecular weight excluding hydrogens is 306 g/mol. The van der Waals surface area contributed by atoms with Gasteiger partial charge in [-0.2, -0.15) is 0 Å². The normalized spacial score (nSPS) is 11.6. The Morgan fingerprint density at radius 3 is 2.12 bits per heavy atom. The van der Waals surface area contributed by atoms with Crippen molar-refractivity contribution >= 4 is 17.8 Å². The summed E-state index contributed by atoms with van der Waals surface area (Å²) in [6, 6.07) is 7.40. The Labute approximate surface area is 144 Å². The summed E-state index contributed by atoms with van der Waals surface area (Å²) in [5, 5.41) is 8.15. The zero-order valence-electron chi connectivity index (χ0n) is 15.4. The maximum atomic E-state index is 12.0. The predicted molar refractivity (Wildman–Crippen MR) is 96.4 cm³/mol. The highest BCUT2D eigenvalue weighted by Crippen LogP contribution is 2.29. The largest absolute Gasteiger partial charge is 0.444 e. The van der Waals surface area contributed by atoms with Crippen molar-refractivity contribution in [3.05, 3.63) is 29.8 Å². The van der Waals surface area contributed by atoms with Gasteiger partial charge in [0.05, 0.1) is 0 Å². The minimum absolute atomic E-state index is 0.0673. The van der Waals surface area contributed by atoms with E-state index in [4.69, 9.17) is 4.74 Å². The van der Waals surface area contributed by atoms with Crippen molar-refractivity contribution in [2.24, 2.45) is 0 Å². The number of carbonyl (C=O) groups is 2. The van der Waals surface area contributed by atoms with Gasteiger partial charge in [-0.1, -0.05) is 39.0 Å². The minimum atomic E-state index is -0.536. The summed E-state index contributed by atoms with van der Waals surface area (Å²) in [7, 11) is 0. The molecule has 0 spiro atoms. The topological polar surface area (TPSA) is 79.5 Å². The SMILES string of the molecule is CC(C)(C)OC(=O)NCCNC(=O)Nc1ccccc1C(C)(C)C. The average Bonchev–Trinajstić information content (AvgIpc) is 2.41. The Balaban J connectivity index is 2.42. The molecule has 0 aromatic heterocycles. The number of para-hydroxylation sites is 1. The van der Waals surface area contributed by atoms with Gasteiger partial charge in [0, 0.05) is 18.8 Å². The molecule has 0 aliphatic heterocycles. The molecule has 0 saturated carbocycles. The third-order valence-electron chi connectivity index (χ3n) is 3.06. The van der Waals surface area contributed by atoms with Crippen LogP contribution in [0.2, 0.25) is 0 Å². The third-order valence-corrected chi connectivity index (χ3v) is 3.06. The molecule has 0 fully saturated rings. The van der Waals surface area contributed by atoms with Crippen LogP contribution in [0.5, 0.6) is 0 Å².